The van der Waals surface area contributed by atoms with Gasteiger partial charge in [0.1, 0.15) is 24.4 Å². The van der Waals surface area contributed by atoms with E-state index in [-0.39, 0.29) is 31.2 Å². The Bertz CT molecular complexity index is 745. The second-order valence-corrected chi connectivity index (χ2v) is 8.75. The average molecular weight is 502 g/mol. The van der Waals surface area contributed by atoms with Gasteiger partial charge in [-0.3, -0.25) is 24.0 Å². The summed E-state index contributed by atoms with van der Waals surface area (Å²) in [6, 6.07) is -4.68. The molecule has 0 aliphatic rings. The van der Waals surface area contributed by atoms with Gasteiger partial charge in [-0.2, -0.15) is 0 Å². The molecule has 4 amide bonds. The zero-order chi connectivity index (χ0) is 27.1. The third-order valence-electron chi connectivity index (χ3n) is 5.35. The predicted octanol–water partition coefficient (Wildman–Crippen LogP) is -1.97. The van der Waals surface area contributed by atoms with Crippen molar-refractivity contribution in [3.8, 4) is 0 Å². The van der Waals surface area contributed by atoms with E-state index in [2.05, 4.69) is 21.3 Å². The molecule has 0 aliphatic carbocycles. The average Bonchev–Trinajstić information content (AvgIpc) is 2.80. The Morgan fingerprint density at radius 1 is 0.886 bits per heavy atom. The molecule has 13 nitrogen and oxygen atoms in total. The zero-order valence-corrected chi connectivity index (χ0v) is 20.7. The number of hydrogen-bond donors (Lipinski definition) is 7. The van der Waals surface area contributed by atoms with Crippen LogP contribution in [0.15, 0.2) is 0 Å². The van der Waals surface area contributed by atoms with Crippen molar-refractivity contribution in [2.24, 2.45) is 17.6 Å². The van der Waals surface area contributed by atoms with Crippen molar-refractivity contribution in [3.05, 3.63) is 0 Å². The summed E-state index contributed by atoms with van der Waals surface area (Å²) in [4.78, 5) is 71.8. The summed E-state index contributed by atoms with van der Waals surface area (Å²) >= 11 is 0. The van der Waals surface area contributed by atoms with Gasteiger partial charge >= 0.3 is 5.97 Å². The summed E-state index contributed by atoms with van der Waals surface area (Å²) in [5, 5.41) is 28.0. The molecule has 0 saturated carbocycles. The molecule has 0 bridgehead atoms. The van der Waals surface area contributed by atoms with Crippen LogP contribution in [0.1, 0.15) is 53.4 Å². The minimum absolute atomic E-state index is 0.0756. The summed E-state index contributed by atoms with van der Waals surface area (Å²) in [5.74, 6) is -4.40. The Kier molecular flexibility index (Phi) is 15.1. The smallest absolute Gasteiger partial charge is 0.303 e. The molecule has 0 aromatic heterocycles. The predicted molar refractivity (Wildman–Crippen MR) is 126 cm³/mol. The van der Waals surface area contributed by atoms with Gasteiger partial charge in [0.05, 0.1) is 19.2 Å². The van der Waals surface area contributed by atoms with E-state index in [1.54, 1.807) is 20.8 Å². The topological polar surface area (TPSA) is 217 Å². The highest BCUT2D eigenvalue weighted by molar-refractivity contribution is 5.95. The number of carbonyl (C=O) groups is 6. The SMILES string of the molecule is CC[C@H](C)[C@H](N)C(=O)N[C@@H](CCC(=O)O)C(=O)N[C@@H](CC(C)C)C(=O)N[C@@H](CO)C(=O)NCC=O. The number of aliphatic hydroxyl groups is 1. The van der Waals surface area contributed by atoms with E-state index in [0.29, 0.717) is 12.7 Å². The number of carboxylic acid groups (broad SMARTS) is 1. The Balaban J connectivity index is 5.57. The van der Waals surface area contributed by atoms with E-state index in [1.807, 2.05) is 6.92 Å². The van der Waals surface area contributed by atoms with E-state index < -0.39 is 66.8 Å². The third kappa shape index (κ3) is 12.3. The molecule has 0 spiro atoms. The van der Waals surface area contributed by atoms with Gasteiger partial charge in [0.25, 0.3) is 0 Å². The molecular weight excluding hydrogens is 462 g/mol. The fourth-order valence-corrected chi connectivity index (χ4v) is 3.02. The molecule has 0 aromatic rings. The molecule has 0 unspecified atom stereocenters. The second kappa shape index (κ2) is 16.5. The van der Waals surface area contributed by atoms with E-state index in [9.17, 15) is 33.9 Å². The van der Waals surface area contributed by atoms with Gasteiger partial charge in [0.2, 0.25) is 23.6 Å². The van der Waals surface area contributed by atoms with Crippen LogP contribution in [0.25, 0.3) is 0 Å². The molecular formula is C22H39N5O8. The van der Waals surface area contributed by atoms with Crippen molar-refractivity contribution in [3.63, 3.8) is 0 Å². The largest absolute Gasteiger partial charge is 0.481 e. The van der Waals surface area contributed by atoms with E-state index in [0.717, 1.165) is 0 Å². The Morgan fingerprint density at radius 3 is 1.91 bits per heavy atom. The first kappa shape index (κ1) is 31.9. The highest BCUT2D eigenvalue weighted by Gasteiger charge is 2.31. The number of amides is 4. The van der Waals surface area contributed by atoms with Gasteiger partial charge in [0, 0.05) is 6.42 Å². The quantitative estimate of drug-likeness (QED) is 0.110. The second-order valence-electron chi connectivity index (χ2n) is 8.75. The van der Waals surface area contributed by atoms with E-state index >= 15 is 0 Å². The number of carbonyl (C=O) groups excluding carboxylic acids is 5. The fourth-order valence-electron chi connectivity index (χ4n) is 3.02. The van der Waals surface area contributed by atoms with Crippen LogP contribution < -0.4 is 27.0 Å². The van der Waals surface area contributed by atoms with E-state index in [1.165, 1.54) is 0 Å². The lowest BCUT2D eigenvalue weighted by Crippen LogP contribution is -2.59. The Labute approximate surface area is 204 Å². The molecule has 0 fully saturated rings. The lowest BCUT2D eigenvalue weighted by molar-refractivity contribution is -0.138. The minimum Gasteiger partial charge on any atom is -0.481 e. The minimum atomic E-state index is -1.36. The van der Waals surface area contributed by atoms with Crippen molar-refractivity contribution < 1.29 is 39.0 Å². The summed E-state index contributed by atoms with van der Waals surface area (Å²) in [6.07, 6.45) is 0.557. The molecule has 5 atom stereocenters. The van der Waals surface area contributed by atoms with Crippen LogP contribution in [0.3, 0.4) is 0 Å². The van der Waals surface area contributed by atoms with Crippen molar-refractivity contribution in [1.82, 2.24) is 21.3 Å². The molecule has 0 saturated heterocycles. The Morgan fingerprint density at radius 2 is 1.43 bits per heavy atom. The summed E-state index contributed by atoms with van der Waals surface area (Å²) in [5.41, 5.74) is 5.92. The van der Waals surface area contributed by atoms with Gasteiger partial charge in [-0.25, -0.2) is 0 Å². The molecule has 200 valence electrons. The first-order chi connectivity index (χ1) is 16.4. The van der Waals surface area contributed by atoms with Crippen molar-refractivity contribution >= 4 is 35.9 Å². The van der Waals surface area contributed by atoms with Gasteiger partial charge < -0.3 is 42.0 Å². The lowest BCUT2D eigenvalue weighted by atomic mass is 9.98. The first-order valence-electron chi connectivity index (χ1n) is 11.6. The monoisotopic (exact) mass is 501 g/mol. The Hall–Kier alpha value is -3.06. The van der Waals surface area contributed by atoms with Gasteiger partial charge in [-0.05, 0) is 24.7 Å². The van der Waals surface area contributed by atoms with Crippen LogP contribution in [-0.2, 0) is 28.8 Å². The molecule has 0 rings (SSSR count). The highest BCUT2D eigenvalue weighted by atomic mass is 16.4. The molecule has 0 aliphatic heterocycles. The van der Waals surface area contributed by atoms with Crippen LogP contribution in [0, 0.1) is 11.8 Å². The molecule has 0 radical (unpaired) electrons. The van der Waals surface area contributed by atoms with Crippen molar-refractivity contribution in [2.75, 3.05) is 13.2 Å². The molecule has 13 heteroatoms. The number of aldehydes is 1. The highest BCUT2D eigenvalue weighted by Crippen LogP contribution is 2.09. The maximum absolute atomic E-state index is 13.0. The third-order valence-corrected chi connectivity index (χ3v) is 5.35. The number of carboxylic acids is 1. The summed E-state index contributed by atoms with van der Waals surface area (Å²) < 4.78 is 0. The number of aliphatic carboxylic acids is 1. The van der Waals surface area contributed by atoms with Gasteiger partial charge in [-0.15, -0.1) is 0 Å². The van der Waals surface area contributed by atoms with Crippen LogP contribution in [-0.4, -0.2) is 83.4 Å². The standard InChI is InChI=1S/C22H39N5O8/c1-5-13(4)18(23)22(35)25-14(6-7-17(30)31)20(33)26-15(10-12(2)3)21(34)27-16(11-29)19(32)24-8-9-28/h9,12-16,18,29H,5-8,10-11,23H2,1-4H3,(H,24,32)(H,25,35)(H,26,33)(H,27,34)(H,30,31)/t13-,14-,15-,16-,18-/m0/s1. The number of hydrogen-bond acceptors (Lipinski definition) is 8. The summed E-state index contributed by atoms with van der Waals surface area (Å²) in [6.45, 7) is 6.15. The van der Waals surface area contributed by atoms with Crippen molar-refractivity contribution in [2.45, 2.75) is 77.5 Å². The maximum atomic E-state index is 13.0. The fraction of sp³-hybridized carbons (Fsp3) is 0.727. The van der Waals surface area contributed by atoms with Gasteiger partial charge in [-0.1, -0.05) is 34.1 Å². The molecule has 35 heavy (non-hydrogen) atoms. The van der Waals surface area contributed by atoms with Crippen LogP contribution in [0.4, 0.5) is 0 Å². The number of aliphatic hydroxyl groups excluding tert-OH is 1. The van der Waals surface area contributed by atoms with Crippen LogP contribution in [0.5, 0.6) is 0 Å². The number of rotatable bonds is 17. The first-order valence-corrected chi connectivity index (χ1v) is 11.6. The van der Waals surface area contributed by atoms with Gasteiger partial charge in [0.15, 0.2) is 0 Å². The molecule has 8 N–H and O–H groups in total. The molecule has 0 heterocycles. The normalized spacial score (nSPS) is 15.2. The van der Waals surface area contributed by atoms with E-state index in [4.69, 9.17) is 10.8 Å². The number of nitrogens with one attached hydrogen (secondary N) is 4. The molecule has 0 aromatic carbocycles. The zero-order valence-electron chi connectivity index (χ0n) is 20.7. The lowest BCUT2D eigenvalue weighted by Gasteiger charge is -2.26. The number of nitrogens with two attached hydrogens (primary N) is 1. The van der Waals surface area contributed by atoms with Crippen LogP contribution >= 0.6 is 0 Å². The maximum Gasteiger partial charge on any atom is 0.303 e. The van der Waals surface area contributed by atoms with Crippen LogP contribution in [0.2, 0.25) is 0 Å². The van der Waals surface area contributed by atoms with Crippen molar-refractivity contribution in [1.29, 1.82) is 0 Å². The summed E-state index contributed by atoms with van der Waals surface area (Å²) in [7, 11) is 0.